The van der Waals surface area contributed by atoms with E-state index < -0.39 is 11.7 Å². The van der Waals surface area contributed by atoms with Gasteiger partial charge in [-0.05, 0) is 55.2 Å². The summed E-state index contributed by atoms with van der Waals surface area (Å²) in [7, 11) is 0. The summed E-state index contributed by atoms with van der Waals surface area (Å²) in [5.74, 6) is -1.23. The molecule has 10 nitrogen and oxygen atoms in total. The van der Waals surface area contributed by atoms with Crippen molar-refractivity contribution in [2.24, 2.45) is 0 Å². The molecular formula is C29H24N6O4. The molecule has 0 spiro atoms. The number of fused-ring (bicyclic) bond motifs is 1. The van der Waals surface area contributed by atoms with E-state index in [1.165, 1.54) is 17.7 Å². The number of anilines is 2. The molecule has 0 aliphatic rings. The van der Waals surface area contributed by atoms with E-state index in [9.17, 15) is 19.6 Å². The van der Waals surface area contributed by atoms with E-state index in [1.54, 1.807) is 18.2 Å². The molecule has 0 bridgehead atoms. The van der Waals surface area contributed by atoms with Gasteiger partial charge in [-0.1, -0.05) is 47.6 Å². The summed E-state index contributed by atoms with van der Waals surface area (Å²) in [6, 6.07) is 23.9. The van der Waals surface area contributed by atoms with Crippen LogP contribution in [-0.4, -0.2) is 26.9 Å². The van der Waals surface area contributed by atoms with Crippen molar-refractivity contribution in [1.82, 2.24) is 15.1 Å². The third-order valence-corrected chi connectivity index (χ3v) is 6.23. The fourth-order valence-corrected chi connectivity index (χ4v) is 4.31. The zero-order valence-electron chi connectivity index (χ0n) is 20.8. The van der Waals surface area contributed by atoms with E-state index in [1.807, 2.05) is 36.4 Å². The van der Waals surface area contributed by atoms with E-state index in [2.05, 4.69) is 42.4 Å². The summed E-state index contributed by atoms with van der Waals surface area (Å²) >= 11 is 0. The molecule has 39 heavy (non-hydrogen) atoms. The summed E-state index contributed by atoms with van der Waals surface area (Å²) in [5.41, 5.74) is 3.69. The molecule has 0 saturated heterocycles. The van der Waals surface area contributed by atoms with Gasteiger partial charge < -0.3 is 15.6 Å². The van der Waals surface area contributed by atoms with Crippen LogP contribution in [0, 0.1) is 11.3 Å². The molecule has 0 unspecified atom stereocenters. The molecule has 0 fully saturated rings. The van der Waals surface area contributed by atoms with E-state index in [0.29, 0.717) is 34.4 Å². The van der Waals surface area contributed by atoms with Crippen molar-refractivity contribution < 1.29 is 14.1 Å². The lowest BCUT2D eigenvalue weighted by molar-refractivity contribution is -0.116. The average molecular weight is 521 g/mol. The van der Waals surface area contributed by atoms with Crippen LogP contribution in [0.4, 0.5) is 11.4 Å². The molecule has 0 saturated carbocycles. The first-order valence-corrected chi connectivity index (χ1v) is 12.4. The molecule has 3 aromatic carbocycles. The van der Waals surface area contributed by atoms with Crippen LogP contribution in [0.5, 0.6) is 0 Å². The van der Waals surface area contributed by atoms with Gasteiger partial charge in [0.25, 0.3) is 5.91 Å². The maximum Gasteiger partial charge on any atom is 0.439 e. The van der Waals surface area contributed by atoms with E-state index >= 15 is 0 Å². The third-order valence-electron chi connectivity index (χ3n) is 6.23. The van der Waals surface area contributed by atoms with Gasteiger partial charge in [0, 0.05) is 17.4 Å². The minimum absolute atomic E-state index is 0.0813. The van der Waals surface area contributed by atoms with Crippen molar-refractivity contribution in [1.29, 1.82) is 5.26 Å². The molecule has 4 N–H and O–H groups in total. The van der Waals surface area contributed by atoms with Crippen LogP contribution >= 0.6 is 0 Å². The van der Waals surface area contributed by atoms with Gasteiger partial charge in [0.2, 0.25) is 5.91 Å². The molecule has 2 amide bonds. The van der Waals surface area contributed by atoms with Gasteiger partial charge in [-0.3, -0.25) is 19.1 Å². The summed E-state index contributed by atoms with van der Waals surface area (Å²) in [6.45, 7) is 0. The van der Waals surface area contributed by atoms with Gasteiger partial charge in [0.15, 0.2) is 5.82 Å². The number of para-hydroxylation sites is 1. The second kappa shape index (κ2) is 11.3. The molecule has 0 radical (unpaired) electrons. The fourth-order valence-electron chi connectivity index (χ4n) is 4.31. The zero-order valence-corrected chi connectivity index (χ0v) is 20.8. The lowest BCUT2D eigenvalue weighted by Gasteiger charge is -2.09. The Hall–Kier alpha value is -5.43. The molecule has 0 aliphatic carbocycles. The van der Waals surface area contributed by atoms with Gasteiger partial charge in [-0.2, -0.15) is 5.26 Å². The predicted octanol–water partition coefficient (Wildman–Crippen LogP) is 4.99. The maximum atomic E-state index is 13.1. The Morgan fingerprint density at radius 3 is 2.54 bits per heavy atom. The second-order valence-electron chi connectivity index (χ2n) is 8.96. The van der Waals surface area contributed by atoms with Crippen LogP contribution in [0.15, 0.2) is 82.1 Å². The highest BCUT2D eigenvalue weighted by molar-refractivity contribution is 6.09. The van der Waals surface area contributed by atoms with E-state index in [4.69, 9.17) is 0 Å². The molecular weight excluding hydrogens is 496 g/mol. The number of carbonyl (C=O) groups excluding carboxylic acids is 2. The standard InChI is InChI=1S/C29H24N6O4/c30-17-19-13-14-22(21(15-19)27-34-29(38)39-35-27)33-28(37)24-16-20-10-6-11-23(26(20)32-24)31-25(36)12-5-4-9-18-7-2-1-3-8-18/h1-3,6-8,10-11,13-16,32H,4-5,9,12H2,(H,31,36)(H,33,37)(H,34,35,38). The van der Waals surface area contributed by atoms with E-state index in [0.717, 1.165) is 24.6 Å². The Morgan fingerprint density at radius 2 is 1.77 bits per heavy atom. The summed E-state index contributed by atoms with van der Waals surface area (Å²) in [5, 5.41) is 19.4. The zero-order chi connectivity index (χ0) is 27.2. The smallest absolute Gasteiger partial charge is 0.349 e. The van der Waals surface area contributed by atoms with Crippen molar-refractivity contribution in [3.63, 3.8) is 0 Å². The lowest BCUT2D eigenvalue weighted by atomic mass is 10.1. The number of nitriles is 1. The lowest BCUT2D eigenvalue weighted by Crippen LogP contribution is -2.13. The monoisotopic (exact) mass is 520 g/mol. The van der Waals surface area contributed by atoms with Crippen LogP contribution in [0.25, 0.3) is 22.3 Å². The van der Waals surface area contributed by atoms with Crippen LogP contribution in [0.2, 0.25) is 0 Å². The molecule has 0 atom stereocenters. The SMILES string of the molecule is N#Cc1ccc(NC(=O)c2cc3cccc(NC(=O)CCCCc4ccccc4)c3[nH]2)c(-c2noc(=O)[nH]2)c1. The Morgan fingerprint density at radius 1 is 0.923 bits per heavy atom. The van der Waals surface area contributed by atoms with Gasteiger partial charge in [0.05, 0.1) is 28.5 Å². The number of aryl methyl sites for hydroxylation is 1. The number of aromatic nitrogens is 3. The largest absolute Gasteiger partial charge is 0.439 e. The predicted molar refractivity (Wildman–Crippen MR) is 146 cm³/mol. The topological polar surface area (TPSA) is 157 Å². The number of aromatic amines is 2. The van der Waals surface area contributed by atoms with E-state index in [-0.39, 0.29) is 17.4 Å². The highest BCUT2D eigenvalue weighted by atomic mass is 16.5. The number of unbranched alkanes of at least 4 members (excludes halogenated alkanes) is 1. The van der Waals surface area contributed by atoms with Crippen LogP contribution in [0.1, 0.15) is 40.9 Å². The van der Waals surface area contributed by atoms with Gasteiger partial charge in [0.1, 0.15) is 5.69 Å². The Labute approximate surface area is 222 Å². The highest BCUT2D eigenvalue weighted by Gasteiger charge is 2.17. The molecule has 2 aromatic heterocycles. The minimum Gasteiger partial charge on any atom is -0.349 e. The Kier molecular flexibility index (Phi) is 7.32. The average Bonchev–Trinajstić information content (AvgIpc) is 3.59. The van der Waals surface area contributed by atoms with Crippen LogP contribution in [0.3, 0.4) is 0 Å². The van der Waals surface area contributed by atoms with Crippen LogP contribution < -0.4 is 16.4 Å². The Bertz CT molecular complexity index is 1740. The number of benzene rings is 3. The van der Waals surface area contributed by atoms with Crippen molar-refractivity contribution in [3.8, 4) is 17.5 Å². The van der Waals surface area contributed by atoms with Crippen molar-refractivity contribution in [2.75, 3.05) is 10.6 Å². The number of rotatable bonds is 9. The Balaban J connectivity index is 1.28. The number of hydrogen-bond donors (Lipinski definition) is 4. The van der Waals surface area contributed by atoms with Crippen molar-refractivity contribution in [3.05, 3.63) is 100 Å². The fraction of sp³-hybridized carbons (Fsp3) is 0.138. The molecule has 10 heteroatoms. The molecule has 0 aliphatic heterocycles. The number of hydrogen-bond acceptors (Lipinski definition) is 6. The number of nitrogens with zero attached hydrogens (tertiary/aromatic N) is 2. The third kappa shape index (κ3) is 5.94. The molecule has 194 valence electrons. The molecule has 2 heterocycles. The minimum atomic E-state index is -0.758. The summed E-state index contributed by atoms with van der Waals surface area (Å²) < 4.78 is 4.58. The summed E-state index contributed by atoms with van der Waals surface area (Å²) in [6.07, 6.45) is 2.99. The summed E-state index contributed by atoms with van der Waals surface area (Å²) in [4.78, 5) is 42.7. The normalized spacial score (nSPS) is 10.7. The van der Waals surface area contributed by atoms with Gasteiger partial charge in [-0.25, -0.2) is 4.79 Å². The second-order valence-corrected chi connectivity index (χ2v) is 8.96. The number of amides is 2. The maximum absolute atomic E-state index is 13.1. The first-order valence-electron chi connectivity index (χ1n) is 12.4. The molecule has 5 aromatic rings. The quantitative estimate of drug-likeness (QED) is 0.201. The van der Waals surface area contributed by atoms with Crippen molar-refractivity contribution in [2.45, 2.75) is 25.7 Å². The number of carbonyl (C=O) groups is 2. The first kappa shape index (κ1) is 25.2. The van der Waals surface area contributed by atoms with Gasteiger partial charge >= 0.3 is 5.76 Å². The highest BCUT2D eigenvalue weighted by Crippen LogP contribution is 2.28. The number of H-pyrrole nitrogens is 2. The first-order chi connectivity index (χ1) is 19.0. The van der Waals surface area contributed by atoms with Crippen LogP contribution in [-0.2, 0) is 11.2 Å². The number of nitrogens with one attached hydrogen (secondary N) is 4. The van der Waals surface area contributed by atoms with Crippen molar-refractivity contribution >= 4 is 34.1 Å². The van der Waals surface area contributed by atoms with Gasteiger partial charge in [-0.15, -0.1) is 0 Å². The molecule has 5 rings (SSSR count).